The van der Waals surface area contributed by atoms with E-state index >= 15 is 0 Å². The minimum atomic E-state index is -0.188. The number of rotatable bonds is 7. The van der Waals surface area contributed by atoms with Crippen LogP contribution in [0.5, 0.6) is 5.75 Å². The van der Waals surface area contributed by atoms with Crippen molar-refractivity contribution >= 4 is 17.5 Å². The lowest BCUT2D eigenvalue weighted by molar-refractivity contribution is 0.0947. The molecule has 31 heavy (non-hydrogen) atoms. The van der Waals surface area contributed by atoms with Crippen molar-refractivity contribution in [2.45, 2.75) is 6.92 Å². The second-order valence-electron chi connectivity index (χ2n) is 6.92. The van der Waals surface area contributed by atoms with Gasteiger partial charge < -0.3 is 14.5 Å². The molecule has 1 amide bonds. The van der Waals surface area contributed by atoms with Crippen LogP contribution < -0.4 is 10.1 Å². The molecule has 1 aromatic heterocycles. The fraction of sp³-hybridized carbons (Fsp3) is 0.125. The molecule has 0 radical (unpaired) electrons. The predicted octanol–water partition coefficient (Wildman–Crippen LogP) is 5.17. The Morgan fingerprint density at radius 1 is 0.968 bits per heavy atom. The van der Waals surface area contributed by atoms with Crippen LogP contribution in [0.15, 0.2) is 77.2 Å². The quantitative estimate of drug-likeness (QED) is 0.406. The molecule has 0 atom stereocenters. The molecule has 0 fully saturated rings. The Hall–Kier alpha value is -3.64. The van der Waals surface area contributed by atoms with Gasteiger partial charge in [0, 0.05) is 21.7 Å². The lowest BCUT2D eigenvalue weighted by Gasteiger charge is -2.08. The molecule has 0 spiro atoms. The number of benzene rings is 3. The van der Waals surface area contributed by atoms with E-state index in [0.29, 0.717) is 41.3 Å². The summed E-state index contributed by atoms with van der Waals surface area (Å²) in [5, 5.41) is 11.7. The number of aromatic nitrogens is 2. The Morgan fingerprint density at radius 2 is 1.71 bits per heavy atom. The second-order valence-corrected chi connectivity index (χ2v) is 7.36. The third kappa shape index (κ3) is 5.29. The molecule has 0 saturated heterocycles. The van der Waals surface area contributed by atoms with Crippen LogP contribution in [0.4, 0.5) is 0 Å². The van der Waals surface area contributed by atoms with Crippen molar-refractivity contribution in [3.63, 3.8) is 0 Å². The highest BCUT2D eigenvalue weighted by Gasteiger charge is 2.12. The summed E-state index contributed by atoms with van der Waals surface area (Å²) in [5.74, 6) is 1.33. The Bertz CT molecular complexity index is 1190. The maximum absolute atomic E-state index is 12.3. The van der Waals surface area contributed by atoms with Crippen LogP contribution in [-0.4, -0.2) is 29.3 Å². The number of hydrogen-bond acceptors (Lipinski definition) is 5. The Balaban J connectivity index is 1.33. The fourth-order valence-corrected chi connectivity index (χ4v) is 3.17. The summed E-state index contributed by atoms with van der Waals surface area (Å²) in [6.45, 7) is 2.72. The lowest BCUT2D eigenvalue weighted by Crippen LogP contribution is -2.28. The van der Waals surface area contributed by atoms with Gasteiger partial charge in [-0.1, -0.05) is 35.4 Å². The van der Waals surface area contributed by atoms with Crippen molar-refractivity contribution in [3.8, 4) is 28.7 Å². The van der Waals surface area contributed by atoms with E-state index in [-0.39, 0.29) is 5.91 Å². The van der Waals surface area contributed by atoms with Gasteiger partial charge in [0.2, 0.25) is 11.8 Å². The molecule has 0 aliphatic heterocycles. The zero-order chi connectivity index (χ0) is 21.6. The summed E-state index contributed by atoms with van der Waals surface area (Å²) in [6, 6.07) is 22.0. The van der Waals surface area contributed by atoms with Gasteiger partial charge in [-0.25, -0.2) is 0 Å². The van der Waals surface area contributed by atoms with Gasteiger partial charge in [-0.15, -0.1) is 10.2 Å². The van der Waals surface area contributed by atoms with E-state index in [1.807, 2.05) is 43.3 Å². The van der Waals surface area contributed by atoms with E-state index in [0.717, 1.165) is 16.7 Å². The topological polar surface area (TPSA) is 77.2 Å². The summed E-state index contributed by atoms with van der Waals surface area (Å²) in [4.78, 5) is 12.3. The Labute approximate surface area is 184 Å². The molecule has 7 heteroatoms. The lowest BCUT2D eigenvalue weighted by atomic mass is 10.1. The number of nitrogens with one attached hydrogen (secondary N) is 1. The van der Waals surface area contributed by atoms with Gasteiger partial charge >= 0.3 is 0 Å². The van der Waals surface area contributed by atoms with Crippen molar-refractivity contribution < 1.29 is 13.9 Å². The molecule has 6 nitrogen and oxygen atoms in total. The number of hydrogen-bond donors (Lipinski definition) is 1. The van der Waals surface area contributed by atoms with Gasteiger partial charge in [0.1, 0.15) is 12.4 Å². The summed E-state index contributed by atoms with van der Waals surface area (Å²) >= 11 is 5.92. The zero-order valence-electron chi connectivity index (χ0n) is 16.8. The first kappa shape index (κ1) is 20.6. The monoisotopic (exact) mass is 433 g/mol. The number of carbonyl (C=O) groups excluding carboxylic acids is 1. The Kier molecular flexibility index (Phi) is 6.29. The van der Waals surface area contributed by atoms with Gasteiger partial charge in [0.05, 0.1) is 6.54 Å². The van der Waals surface area contributed by atoms with Crippen LogP contribution in [0.3, 0.4) is 0 Å². The second kappa shape index (κ2) is 9.45. The van der Waals surface area contributed by atoms with Gasteiger partial charge in [0.15, 0.2) is 0 Å². The number of ether oxygens (including phenoxy) is 1. The number of nitrogens with zero attached hydrogens (tertiary/aromatic N) is 2. The first-order valence-corrected chi connectivity index (χ1v) is 10.1. The van der Waals surface area contributed by atoms with Crippen LogP contribution in [0.1, 0.15) is 15.9 Å². The molecule has 0 bridgehead atoms. The van der Waals surface area contributed by atoms with Crippen molar-refractivity contribution in [1.82, 2.24) is 15.5 Å². The minimum absolute atomic E-state index is 0.188. The van der Waals surface area contributed by atoms with Gasteiger partial charge in [-0.2, -0.15) is 0 Å². The molecule has 4 aromatic rings. The molecule has 0 aliphatic rings. The first-order chi connectivity index (χ1) is 15.1. The molecule has 1 heterocycles. The summed E-state index contributed by atoms with van der Waals surface area (Å²) < 4.78 is 11.4. The van der Waals surface area contributed by atoms with Crippen LogP contribution in [0.25, 0.3) is 22.9 Å². The third-order valence-electron chi connectivity index (χ3n) is 4.54. The zero-order valence-corrected chi connectivity index (χ0v) is 17.6. The molecule has 3 aromatic carbocycles. The molecular weight excluding hydrogens is 414 g/mol. The van der Waals surface area contributed by atoms with Crippen molar-refractivity contribution in [2.75, 3.05) is 13.2 Å². The predicted molar refractivity (Wildman–Crippen MR) is 119 cm³/mol. The fourth-order valence-electron chi connectivity index (χ4n) is 2.99. The molecule has 0 unspecified atom stereocenters. The smallest absolute Gasteiger partial charge is 0.251 e. The van der Waals surface area contributed by atoms with E-state index in [2.05, 4.69) is 15.5 Å². The first-order valence-electron chi connectivity index (χ1n) is 9.76. The minimum Gasteiger partial charge on any atom is -0.492 e. The van der Waals surface area contributed by atoms with Crippen molar-refractivity contribution in [3.05, 3.63) is 88.9 Å². The summed E-state index contributed by atoms with van der Waals surface area (Å²) in [7, 11) is 0. The van der Waals surface area contributed by atoms with E-state index in [1.165, 1.54) is 0 Å². The number of carbonyl (C=O) groups is 1. The molecular formula is C24H20ClN3O3. The maximum Gasteiger partial charge on any atom is 0.251 e. The van der Waals surface area contributed by atoms with Crippen molar-refractivity contribution in [1.29, 1.82) is 0 Å². The van der Waals surface area contributed by atoms with Gasteiger partial charge in [-0.05, 0) is 61.5 Å². The highest BCUT2D eigenvalue weighted by molar-refractivity contribution is 6.30. The standard InChI is InChI=1S/C24H20ClN3O3/c1-16-4-2-5-19(14-16)24-28-27-23(31-24)18-10-8-17(9-11-18)22(29)26-12-13-30-21-7-3-6-20(25)15-21/h2-11,14-15H,12-13H2,1H3,(H,26,29). The third-order valence-corrected chi connectivity index (χ3v) is 4.77. The van der Waals surface area contributed by atoms with Gasteiger partial charge in [0.25, 0.3) is 5.91 Å². The van der Waals surface area contributed by atoms with Crippen molar-refractivity contribution in [2.24, 2.45) is 0 Å². The average Bonchev–Trinajstić information content (AvgIpc) is 3.27. The van der Waals surface area contributed by atoms with Crippen LogP contribution in [-0.2, 0) is 0 Å². The molecule has 1 N–H and O–H groups in total. The Morgan fingerprint density at radius 3 is 2.45 bits per heavy atom. The summed E-state index contributed by atoms with van der Waals surface area (Å²) in [6.07, 6.45) is 0. The average molecular weight is 434 g/mol. The van der Waals surface area contributed by atoms with E-state index < -0.39 is 0 Å². The molecule has 0 saturated carbocycles. The van der Waals surface area contributed by atoms with Crippen LogP contribution in [0, 0.1) is 6.92 Å². The van der Waals surface area contributed by atoms with Crippen LogP contribution in [0.2, 0.25) is 5.02 Å². The SMILES string of the molecule is Cc1cccc(-c2nnc(-c3ccc(C(=O)NCCOc4cccc(Cl)c4)cc3)o2)c1. The molecule has 0 aliphatic carbocycles. The number of amides is 1. The normalized spacial score (nSPS) is 10.6. The molecule has 156 valence electrons. The van der Waals surface area contributed by atoms with E-state index in [1.54, 1.807) is 36.4 Å². The summed E-state index contributed by atoms with van der Waals surface area (Å²) in [5.41, 5.74) is 3.26. The highest BCUT2D eigenvalue weighted by Crippen LogP contribution is 2.24. The van der Waals surface area contributed by atoms with E-state index in [9.17, 15) is 4.79 Å². The van der Waals surface area contributed by atoms with Gasteiger partial charge in [-0.3, -0.25) is 4.79 Å². The van der Waals surface area contributed by atoms with E-state index in [4.69, 9.17) is 20.8 Å². The number of halogens is 1. The molecule has 4 rings (SSSR count). The van der Waals surface area contributed by atoms with Crippen LogP contribution >= 0.6 is 11.6 Å². The maximum atomic E-state index is 12.3. The largest absolute Gasteiger partial charge is 0.492 e. The number of aryl methyl sites for hydroxylation is 1. The highest BCUT2D eigenvalue weighted by atomic mass is 35.5.